The van der Waals surface area contributed by atoms with Crippen LogP contribution in [0.3, 0.4) is 0 Å². The molecule has 146 valence electrons. The van der Waals surface area contributed by atoms with Gasteiger partial charge < -0.3 is 14.1 Å². The molecule has 0 radical (unpaired) electrons. The Bertz CT molecular complexity index is 1090. The van der Waals surface area contributed by atoms with Gasteiger partial charge in [0.25, 0.3) is 0 Å². The Morgan fingerprint density at radius 1 is 1.04 bits per heavy atom. The van der Waals surface area contributed by atoms with E-state index in [1.165, 1.54) is 12.1 Å². The van der Waals surface area contributed by atoms with E-state index in [1.807, 2.05) is 4.90 Å². The molecule has 2 heterocycles. The summed E-state index contributed by atoms with van der Waals surface area (Å²) in [7, 11) is -3.89. The van der Waals surface area contributed by atoms with Crippen LogP contribution in [0.25, 0.3) is 11.5 Å². The largest absolute Gasteiger partial charge is 0.419 e. The lowest BCUT2D eigenvalue weighted by Gasteiger charge is -2.26. The number of aromatic nitrogens is 1. The summed E-state index contributed by atoms with van der Waals surface area (Å²) in [5.74, 6) is 0.379. The molecule has 4 rings (SSSR count). The molecule has 6 nitrogen and oxygen atoms in total. The molecule has 2 aromatic carbocycles. The molecule has 1 saturated heterocycles. The van der Waals surface area contributed by atoms with E-state index >= 15 is 0 Å². The molecule has 0 bridgehead atoms. The quantitative estimate of drug-likeness (QED) is 0.547. The maximum atomic E-state index is 13.3. The van der Waals surface area contributed by atoms with Gasteiger partial charge in [-0.3, -0.25) is 0 Å². The zero-order valence-corrected chi connectivity index (χ0v) is 17.8. The second-order valence-corrected chi connectivity index (χ2v) is 9.35. The Morgan fingerprint density at radius 3 is 2.39 bits per heavy atom. The van der Waals surface area contributed by atoms with E-state index in [0.717, 1.165) is 4.47 Å². The number of hydrogen-bond acceptors (Lipinski definition) is 6. The second kappa shape index (κ2) is 7.87. The van der Waals surface area contributed by atoms with E-state index in [9.17, 15) is 8.42 Å². The number of rotatable bonds is 4. The normalized spacial score (nSPS) is 15.0. The van der Waals surface area contributed by atoms with Crippen LogP contribution in [0.4, 0.5) is 5.88 Å². The van der Waals surface area contributed by atoms with Gasteiger partial charge in [-0.05, 0) is 36.4 Å². The van der Waals surface area contributed by atoms with Crippen molar-refractivity contribution in [1.29, 1.82) is 0 Å². The van der Waals surface area contributed by atoms with Gasteiger partial charge in [0.1, 0.15) is 0 Å². The summed E-state index contributed by atoms with van der Waals surface area (Å²) in [4.78, 5) is 6.33. The van der Waals surface area contributed by atoms with Crippen LogP contribution in [0.15, 0.2) is 67.3 Å². The average Bonchev–Trinajstić information content (AvgIpc) is 3.15. The van der Waals surface area contributed by atoms with Gasteiger partial charge in [0.15, 0.2) is 0 Å². The molecule has 0 N–H and O–H groups in total. The zero-order valence-electron chi connectivity index (χ0n) is 14.6. The van der Waals surface area contributed by atoms with Crippen LogP contribution in [0.2, 0.25) is 5.02 Å². The molecule has 1 aromatic heterocycles. The van der Waals surface area contributed by atoms with Crippen molar-refractivity contribution in [2.45, 2.75) is 9.92 Å². The van der Waals surface area contributed by atoms with Crippen molar-refractivity contribution in [3.8, 4) is 11.5 Å². The predicted octanol–water partition coefficient (Wildman–Crippen LogP) is 4.43. The first kappa shape index (κ1) is 19.4. The van der Waals surface area contributed by atoms with Crippen molar-refractivity contribution in [3.05, 3.63) is 58.0 Å². The first-order chi connectivity index (χ1) is 13.5. The summed E-state index contributed by atoms with van der Waals surface area (Å²) < 4.78 is 38.7. The van der Waals surface area contributed by atoms with Gasteiger partial charge in [0.05, 0.1) is 28.7 Å². The lowest BCUT2D eigenvalue weighted by molar-refractivity contribution is 0.120. The van der Waals surface area contributed by atoms with E-state index in [4.69, 9.17) is 20.8 Å². The maximum absolute atomic E-state index is 13.3. The van der Waals surface area contributed by atoms with Crippen LogP contribution >= 0.6 is 27.5 Å². The zero-order chi connectivity index (χ0) is 19.7. The lowest BCUT2D eigenvalue weighted by atomic mass is 10.2. The molecule has 1 aliphatic rings. The molecule has 3 aromatic rings. The topological polar surface area (TPSA) is 72.6 Å². The molecule has 0 atom stereocenters. The third-order valence-corrected chi connectivity index (χ3v) is 6.89. The van der Waals surface area contributed by atoms with Crippen LogP contribution in [0.1, 0.15) is 0 Å². The first-order valence-corrected chi connectivity index (χ1v) is 11.2. The summed E-state index contributed by atoms with van der Waals surface area (Å²) in [5.41, 5.74) is 0.538. The summed E-state index contributed by atoms with van der Waals surface area (Å²) in [6.45, 7) is 2.00. The fourth-order valence-corrected chi connectivity index (χ4v) is 4.72. The SMILES string of the molecule is O=S(=O)(c1ccc(Br)cc1)c1nc(-c2ccccc2Cl)oc1N1CCOCC1. The molecule has 0 unspecified atom stereocenters. The van der Waals surface area contributed by atoms with Gasteiger partial charge in [-0.15, -0.1) is 0 Å². The highest BCUT2D eigenvalue weighted by Crippen LogP contribution is 2.37. The number of anilines is 1. The van der Waals surface area contributed by atoms with E-state index in [0.29, 0.717) is 36.9 Å². The number of sulfone groups is 1. The van der Waals surface area contributed by atoms with Crippen LogP contribution in [0, 0.1) is 0 Å². The predicted molar refractivity (Wildman–Crippen MR) is 110 cm³/mol. The van der Waals surface area contributed by atoms with Crippen molar-refractivity contribution < 1.29 is 17.6 Å². The maximum Gasteiger partial charge on any atom is 0.236 e. The van der Waals surface area contributed by atoms with Crippen LogP contribution in [0.5, 0.6) is 0 Å². The highest BCUT2D eigenvalue weighted by atomic mass is 79.9. The molecule has 0 saturated carbocycles. The lowest BCUT2D eigenvalue weighted by Crippen LogP contribution is -2.36. The molecule has 28 heavy (non-hydrogen) atoms. The Morgan fingerprint density at radius 2 is 1.71 bits per heavy atom. The van der Waals surface area contributed by atoms with Crippen molar-refractivity contribution >= 4 is 43.3 Å². The van der Waals surface area contributed by atoms with Crippen molar-refractivity contribution in [2.24, 2.45) is 0 Å². The number of nitrogens with zero attached hydrogens (tertiary/aromatic N) is 2. The average molecular weight is 484 g/mol. The van der Waals surface area contributed by atoms with Gasteiger partial charge >= 0.3 is 0 Å². The number of halogens is 2. The minimum Gasteiger partial charge on any atom is -0.419 e. The van der Waals surface area contributed by atoms with Gasteiger partial charge in [-0.1, -0.05) is 39.7 Å². The summed E-state index contributed by atoms with van der Waals surface area (Å²) in [6, 6.07) is 13.5. The molecular weight excluding hydrogens is 468 g/mol. The third kappa shape index (κ3) is 3.69. The summed E-state index contributed by atoms with van der Waals surface area (Å²) >= 11 is 9.59. The van der Waals surface area contributed by atoms with Crippen LogP contribution < -0.4 is 4.90 Å². The smallest absolute Gasteiger partial charge is 0.236 e. The number of oxazole rings is 1. The van der Waals surface area contributed by atoms with Crippen LogP contribution in [-0.2, 0) is 14.6 Å². The molecule has 0 aliphatic carbocycles. The molecule has 9 heteroatoms. The molecule has 0 spiro atoms. The van der Waals surface area contributed by atoms with E-state index in [2.05, 4.69) is 20.9 Å². The van der Waals surface area contributed by atoms with Crippen molar-refractivity contribution in [1.82, 2.24) is 4.98 Å². The summed E-state index contributed by atoms with van der Waals surface area (Å²) in [6.07, 6.45) is 0. The Hall–Kier alpha value is -1.87. The number of morpholine rings is 1. The number of ether oxygens (including phenoxy) is 1. The van der Waals surface area contributed by atoms with E-state index in [-0.39, 0.29) is 21.7 Å². The van der Waals surface area contributed by atoms with Gasteiger partial charge in [-0.2, -0.15) is 4.98 Å². The Balaban J connectivity index is 1.87. The molecule has 1 aliphatic heterocycles. The molecule has 1 fully saturated rings. The highest BCUT2D eigenvalue weighted by molar-refractivity contribution is 9.10. The minimum atomic E-state index is -3.89. The monoisotopic (exact) mass is 482 g/mol. The minimum absolute atomic E-state index is 0.119. The number of hydrogen-bond donors (Lipinski definition) is 0. The van der Waals surface area contributed by atoms with E-state index in [1.54, 1.807) is 36.4 Å². The third-order valence-electron chi connectivity index (χ3n) is 4.36. The standard InChI is InChI=1S/C19H16BrClN2O4S/c20-13-5-7-14(8-6-13)28(24,25)18-19(23-9-11-26-12-10-23)27-17(22-18)15-3-1-2-4-16(15)21/h1-8H,9-12H2. The fraction of sp³-hybridized carbons (Fsp3) is 0.211. The van der Waals surface area contributed by atoms with Gasteiger partial charge in [0, 0.05) is 17.6 Å². The molecular formula is C19H16BrClN2O4S. The van der Waals surface area contributed by atoms with Crippen LogP contribution in [-0.4, -0.2) is 39.7 Å². The Kier molecular flexibility index (Phi) is 5.46. The van der Waals surface area contributed by atoms with Crippen molar-refractivity contribution in [3.63, 3.8) is 0 Å². The second-order valence-electron chi connectivity index (χ2n) is 6.17. The Labute approximate surface area is 176 Å². The van der Waals surface area contributed by atoms with Gasteiger partial charge in [-0.25, -0.2) is 8.42 Å². The van der Waals surface area contributed by atoms with E-state index < -0.39 is 9.84 Å². The van der Waals surface area contributed by atoms with Gasteiger partial charge in [0.2, 0.25) is 26.6 Å². The highest BCUT2D eigenvalue weighted by Gasteiger charge is 2.32. The summed E-state index contributed by atoms with van der Waals surface area (Å²) in [5, 5.41) is 0.316. The number of benzene rings is 2. The van der Waals surface area contributed by atoms with Crippen molar-refractivity contribution in [2.75, 3.05) is 31.2 Å². The molecule has 0 amide bonds. The fourth-order valence-electron chi connectivity index (χ4n) is 2.91. The first-order valence-electron chi connectivity index (χ1n) is 8.56.